The van der Waals surface area contributed by atoms with E-state index in [9.17, 15) is 13.2 Å². The average Bonchev–Trinajstić information content (AvgIpc) is 2.74. The first-order valence-corrected chi connectivity index (χ1v) is 10.5. The third kappa shape index (κ3) is 5.09. The Balaban J connectivity index is 1.56. The van der Waals surface area contributed by atoms with Crippen LogP contribution < -0.4 is 5.48 Å². The zero-order chi connectivity index (χ0) is 20.9. The van der Waals surface area contributed by atoms with Crippen molar-refractivity contribution in [2.45, 2.75) is 24.8 Å². The highest BCUT2D eigenvalue weighted by atomic mass is 32.2. The SMILES string of the molecule is CC(=O)c1ccc(S(=O)(=O)N2CC=C(NOCc3cccc(C#N)c3)CC2)cc1. The molecule has 2 aromatic carbocycles. The van der Waals surface area contributed by atoms with Crippen molar-refractivity contribution < 1.29 is 18.0 Å². The summed E-state index contributed by atoms with van der Waals surface area (Å²) in [5.74, 6) is -0.107. The van der Waals surface area contributed by atoms with Gasteiger partial charge in [0.1, 0.15) is 0 Å². The predicted molar refractivity (Wildman–Crippen MR) is 107 cm³/mol. The predicted octanol–water partition coefficient (Wildman–Crippen LogP) is 2.76. The average molecular weight is 411 g/mol. The molecule has 1 N–H and O–H groups in total. The Bertz CT molecular complexity index is 1070. The number of nitrogens with zero attached hydrogens (tertiary/aromatic N) is 2. The van der Waals surface area contributed by atoms with E-state index in [0.29, 0.717) is 24.1 Å². The van der Waals surface area contributed by atoms with E-state index < -0.39 is 10.0 Å². The second kappa shape index (κ2) is 9.01. The molecule has 0 radical (unpaired) electrons. The highest BCUT2D eigenvalue weighted by molar-refractivity contribution is 7.89. The maximum absolute atomic E-state index is 12.8. The molecule has 1 heterocycles. The smallest absolute Gasteiger partial charge is 0.243 e. The molecule has 1 aliphatic heterocycles. The van der Waals surface area contributed by atoms with Crippen LogP contribution in [-0.4, -0.2) is 31.6 Å². The number of hydrogen-bond acceptors (Lipinski definition) is 6. The maximum atomic E-state index is 12.8. The Morgan fingerprint density at radius 1 is 1.24 bits per heavy atom. The summed E-state index contributed by atoms with van der Waals surface area (Å²) in [6.07, 6.45) is 2.26. The maximum Gasteiger partial charge on any atom is 0.243 e. The fraction of sp³-hybridized carbons (Fsp3) is 0.238. The molecule has 0 spiro atoms. The van der Waals surface area contributed by atoms with Crippen LogP contribution in [0.5, 0.6) is 0 Å². The number of hydroxylamine groups is 1. The Hall–Kier alpha value is -2.99. The first-order valence-electron chi connectivity index (χ1n) is 9.07. The van der Waals surface area contributed by atoms with Gasteiger partial charge in [0, 0.05) is 30.8 Å². The molecule has 0 bridgehead atoms. The largest absolute Gasteiger partial charge is 0.295 e. The van der Waals surface area contributed by atoms with Gasteiger partial charge in [-0.25, -0.2) is 8.42 Å². The van der Waals surface area contributed by atoms with Crippen LogP contribution >= 0.6 is 0 Å². The zero-order valence-corrected chi connectivity index (χ0v) is 16.8. The van der Waals surface area contributed by atoms with E-state index >= 15 is 0 Å². The number of ketones is 1. The Labute approximate surface area is 170 Å². The number of nitrogens with one attached hydrogen (secondary N) is 1. The lowest BCUT2D eigenvalue weighted by Gasteiger charge is -2.26. The summed E-state index contributed by atoms with van der Waals surface area (Å²) < 4.78 is 26.9. The van der Waals surface area contributed by atoms with Crippen molar-refractivity contribution in [3.63, 3.8) is 0 Å². The molecule has 29 heavy (non-hydrogen) atoms. The summed E-state index contributed by atoms with van der Waals surface area (Å²) in [7, 11) is -3.62. The van der Waals surface area contributed by atoms with Crippen molar-refractivity contribution in [3.05, 3.63) is 77.0 Å². The van der Waals surface area contributed by atoms with Crippen molar-refractivity contribution in [1.29, 1.82) is 5.26 Å². The van der Waals surface area contributed by atoms with Crippen LogP contribution in [-0.2, 0) is 21.5 Å². The Morgan fingerprint density at radius 2 is 2.00 bits per heavy atom. The van der Waals surface area contributed by atoms with E-state index in [1.54, 1.807) is 24.3 Å². The number of sulfonamides is 1. The molecule has 0 aromatic heterocycles. The molecule has 3 rings (SSSR count). The van der Waals surface area contributed by atoms with Crippen molar-refractivity contribution >= 4 is 15.8 Å². The molecule has 7 nitrogen and oxygen atoms in total. The first kappa shape index (κ1) is 20.7. The molecule has 1 aliphatic rings. The summed E-state index contributed by atoms with van der Waals surface area (Å²) >= 11 is 0. The molecule has 0 saturated carbocycles. The minimum atomic E-state index is -3.62. The van der Waals surface area contributed by atoms with E-state index in [1.165, 1.54) is 35.5 Å². The van der Waals surface area contributed by atoms with Crippen molar-refractivity contribution in [1.82, 2.24) is 9.79 Å². The van der Waals surface area contributed by atoms with Crippen LogP contribution in [0.3, 0.4) is 0 Å². The molecule has 150 valence electrons. The van der Waals surface area contributed by atoms with Gasteiger partial charge < -0.3 is 0 Å². The monoisotopic (exact) mass is 411 g/mol. The molecule has 0 atom stereocenters. The number of benzene rings is 2. The Kier molecular flexibility index (Phi) is 6.44. The van der Waals surface area contributed by atoms with Gasteiger partial charge in [-0.15, -0.1) is 0 Å². The number of Topliss-reactive ketones (excluding diaryl/α,β-unsaturated/α-hetero) is 1. The lowest BCUT2D eigenvalue weighted by atomic mass is 10.1. The van der Waals surface area contributed by atoms with Gasteiger partial charge in [0.25, 0.3) is 0 Å². The topological polar surface area (TPSA) is 99.5 Å². The molecule has 0 unspecified atom stereocenters. The van der Waals surface area contributed by atoms with Gasteiger partial charge in [0.2, 0.25) is 10.0 Å². The number of carbonyl (C=O) groups excluding carboxylic acids is 1. The van der Waals surface area contributed by atoms with Crippen LogP contribution in [0.1, 0.15) is 34.8 Å². The van der Waals surface area contributed by atoms with Crippen LogP contribution in [0.15, 0.2) is 65.2 Å². The molecule has 0 amide bonds. The normalized spacial score (nSPS) is 14.7. The van der Waals surface area contributed by atoms with E-state index in [2.05, 4.69) is 11.5 Å². The van der Waals surface area contributed by atoms with Crippen LogP contribution in [0.25, 0.3) is 0 Å². The van der Waals surface area contributed by atoms with Gasteiger partial charge in [0.15, 0.2) is 5.78 Å². The van der Waals surface area contributed by atoms with E-state index in [-0.39, 0.29) is 23.8 Å². The molecular weight excluding hydrogens is 390 g/mol. The molecular formula is C21H21N3O4S. The van der Waals surface area contributed by atoms with Crippen LogP contribution in [0.4, 0.5) is 0 Å². The van der Waals surface area contributed by atoms with Crippen molar-refractivity contribution in [2.24, 2.45) is 0 Å². The van der Waals surface area contributed by atoms with E-state index in [0.717, 1.165) is 11.3 Å². The van der Waals surface area contributed by atoms with Crippen LogP contribution in [0.2, 0.25) is 0 Å². The second-order valence-electron chi connectivity index (χ2n) is 6.63. The van der Waals surface area contributed by atoms with Crippen LogP contribution in [0, 0.1) is 11.3 Å². The van der Waals surface area contributed by atoms with Gasteiger partial charge in [-0.2, -0.15) is 9.57 Å². The third-order valence-electron chi connectivity index (χ3n) is 4.57. The molecule has 2 aromatic rings. The summed E-state index contributed by atoms with van der Waals surface area (Å²) in [4.78, 5) is 17.0. The van der Waals surface area contributed by atoms with E-state index in [4.69, 9.17) is 10.1 Å². The van der Waals surface area contributed by atoms with E-state index in [1.807, 2.05) is 6.07 Å². The highest BCUT2D eigenvalue weighted by Gasteiger charge is 2.26. The lowest BCUT2D eigenvalue weighted by molar-refractivity contribution is 0.0453. The first-order chi connectivity index (χ1) is 13.9. The second-order valence-corrected chi connectivity index (χ2v) is 8.56. The van der Waals surface area contributed by atoms with Crippen molar-refractivity contribution in [3.8, 4) is 6.07 Å². The number of hydrogen-bond donors (Lipinski definition) is 1. The zero-order valence-electron chi connectivity index (χ0n) is 16.0. The van der Waals surface area contributed by atoms with Gasteiger partial charge in [0.05, 0.1) is 23.1 Å². The van der Waals surface area contributed by atoms with Gasteiger partial charge in [-0.1, -0.05) is 24.3 Å². The third-order valence-corrected chi connectivity index (χ3v) is 6.45. The lowest BCUT2D eigenvalue weighted by Crippen LogP contribution is -2.36. The van der Waals surface area contributed by atoms with Crippen molar-refractivity contribution in [2.75, 3.05) is 13.1 Å². The molecule has 0 fully saturated rings. The van der Waals surface area contributed by atoms with Gasteiger partial charge >= 0.3 is 0 Å². The fourth-order valence-electron chi connectivity index (χ4n) is 2.91. The number of carbonyl (C=O) groups is 1. The summed E-state index contributed by atoms with van der Waals surface area (Å²) in [5.41, 5.74) is 5.58. The minimum Gasteiger partial charge on any atom is -0.295 e. The Morgan fingerprint density at radius 3 is 2.62 bits per heavy atom. The number of nitriles is 1. The molecule has 8 heteroatoms. The minimum absolute atomic E-state index is 0.107. The van der Waals surface area contributed by atoms with Gasteiger partial charge in [-0.3, -0.25) is 15.1 Å². The summed E-state index contributed by atoms with van der Waals surface area (Å²) in [6, 6.07) is 15.2. The standard InChI is InChI=1S/C21H21N3O4S/c1-16(25)19-5-7-21(8-6-19)29(26,27)24-11-9-20(10-12-24)23-28-15-18-4-2-3-17(13-18)14-22/h2-9,13,23H,10-12,15H2,1H3. The molecule has 0 saturated heterocycles. The number of rotatable bonds is 7. The summed E-state index contributed by atoms with van der Waals surface area (Å²) in [6.45, 7) is 2.28. The fourth-order valence-corrected chi connectivity index (χ4v) is 4.30. The summed E-state index contributed by atoms with van der Waals surface area (Å²) in [5, 5.41) is 8.92. The quantitative estimate of drug-likeness (QED) is 0.556. The molecule has 0 aliphatic carbocycles. The highest BCUT2D eigenvalue weighted by Crippen LogP contribution is 2.20. The van der Waals surface area contributed by atoms with Gasteiger partial charge in [-0.05, 0) is 42.8 Å².